The van der Waals surface area contributed by atoms with E-state index in [2.05, 4.69) is 0 Å². The van der Waals surface area contributed by atoms with Crippen molar-refractivity contribution >= 4 is 40.8 Å². The number of aromatic nitrogens is 1. The van der Waals surface area contributed by atoms with E-state index in [9.17, 15) is 26.7 Å². The molecular weight excluding hydrogens is 364 g/mol. The van der Waals surface area contributed by atoms with Crippen LogP contribution in [0.5, 0.6) is 0 Å². The van der Waals surface area contributed by atoms with Gasteiger partial charge in [-0.1, -0.05) is 0 Å². The zero-order chi connectivity index (χ0) is 17.6. The van der Waals surface area contributed by atoms with Gasteiger partial charge in [0.25, 0.3) is 16.8 Å². The fraction of sp³-hybridized carbons (Fsp3) is 0.100. The molecule has 0 radical (unpaired) electrons. The maximum Gasteiger partial charge on any atom is 0.418 e. The van der Waals surface area contributed by atoms with Gasteiger partial charge in [0.15, 0.2) is 0 Å². The van der Waals surface area contributed by atoms with Gasteiger partial charge in [0, 0.05) is 10.9 Å². The van der Waals surface area contributed by atoms with E-state index in [-0.39, 0.29) is 10.9 Å². The van der Waals surface area contributed by atoms with E-state index in [1.807, 2.05) is 4.98 Å². The second kappa shape index (κ2) is 5.73. The van der Waals surface area contributed by atoms with Gasteiger partial charge < -0.3 is 14.8 Å². The number of hydrogen-bond donors (Lipinski definition) is 5. The number of alkyl halides is 3. The third-order valence-corrected chi connectivity index (χ3v) is 4.13. The molecule has 0 aliphatic carbocycles. The molecular formula is C10H8F3N2O6PS. The summed E-state index contributed by atoms with van der Waals surface area (Å²) in [6.07, 6.45) is -4.89. The molecule has 23 heavy (non-hydrogen) atoms. The number of nitrogens with one attached hydrogen (secondary N) is 2. The molecule has 1 aromatic heterocycles. The highest BCUT2D eigenvalue weighted by molar-refractivity contribution is 7.80. The highest BCUT2D eigenvalue weighted by Gasteiger charge is 2.35. The van der Waals surface area contributed by atoms with Crippen molar-refractivity contribution in [2.45, 2.75) is 6.18 Å². The van der Waals surface area contributed by atoms with Crippen LogP contribution in [-0.2, 0) is 22.0 Å². The summed E-state index contributed by atoms with van der Waals surface area (Å²) in [4.78, 5) is 31.6. The molecule has 1 atom stereocenters. The van der Waals surface area contributed by atoms with Crippen molar-refractivity contribution in [3.05, 3.63) is 34.1 Å². The summed E-state index contributed by atoms with van der Waals surface area (Å²) >= 11 is -2.81. The summed E-state index contributed by atoms with van der Waals surface area (Å²) in [5.74, 6) is 0. The van der Waals surface area contributed by atoms with Crippen molar-refractivity contribution in [2.24, 2.45) is 0 Å². The maximum atomic E-state index is 13.0. The molecule has 126 valence electrons. The van der Waals surface area contributed by atoms with Crippen molar-refractivity contribution in [1.82, 2.24) is 4.98 Å². The summed E-state index contributed by atoms with van der Waals surface area (Å²) in [7, 11) is -4.94. The van der Waals surface area contributed by atoms with Crippen molar-refractivity contribution in [1.29, 1.82) is 0 Å². The second-order valence-electron chi connectivity index (χ2n) is 4.36. The van der Waals surface area contributed by atoms with E-state index < -0.39 is 47.2 Å². The average molecular weight is 372 g/mol. The largest absolute Gasteiger partial charge is 0.418 e. The predicted molar refractivity (Wildman–Crippen MR) is 75.6 cm³/mol. The van der Waals surface area contributed by atoms with Crippen LogP contribution in [0.25, 0.3) is 10.9 Å². The molecule has 2 rings (SSSR count). The van der Waals surface area contributed by atoms with Crippen LogP contribution in [0.2, 0.25) is 0 Å². The first-order valence-electron chi connectivity index (χ1n) is 5.61. The quantitative estimate of drug-likeness (QED) is 0.401. The van der Waals surface area contributed by atoms with Crippen LogP contribution < -0.4 is 15.6 Å². The molecule has 8 nitrogen and oxygen atoms in total. The molecule has 0 saturated heterocycles. The molecule has 1 heterocycles. The van der Waals surface area contributed by atoms with Crippen molar-refractivity contribution < 1.29 is 36.3 Å². The summed E-state index contributed by atoms with van der Waals surface area (Å²) in [5, 5.41) is -1.09. The lowest BCUT2D eigenvalue weighted by molar-refractivity contribution is -0.136. The molecule has 1 unspecified atom stereocenters. The Morgan fingerprint density at radius 1 is 1.22 bits per heavy atom. The highest BCUT2D eigenvalue weighted by Crippen LogP contribution is 2.38. The Balaban J connectivity index is 2.82. The Morgan fingerprint density at radius 3 is 2.30 bits per heavy atom. The van der Waals surface area contributed by atoms with Gasteiger partial charge in [0.1, 0.15) is 5.30 Å². The lowest BCUT2D eigenvalue weighted by Crippen LogP contribution is -2.27. The molecule has 0 amide bonds. The summed E-state index contributed by atoms with van der Waals surface area (Å²) in [6.45, 7) is 0. The van der Waals surface area contributed by atoms with Crippen LogP contribution in [0.3, 0.4) is 0 Å². The number of benzene rings is 1. The van der Waals surface area contributed by atoms with E-state index in [4.69, 9.17) is 14.3 Å². The third-order valence-electron chi connectivity index (χ3n) is 2.78. The maximum absolute atomic E-state index is 13.0. The topological polar surface area (TPSA) is 140 Å². The first kappa shape index (κ1) is 17.6. The molecule has 0 spiro atoms. The monoisotopic (exact) mass is 372 g/mol. The van der Waals surface area contributed by atoms with Gasteiger partial charge in [-0.05, 0) is 18.2 Å². The standard InChI is InChI=1S/C10H8F3N2O6PS/c11-10(12,13)5-3-6-4(1-7(5)15-23(20)21)2-8(9(16)14-6)22(17,18)19/h1-3,15H,(H,14,16)(H,20,21)(H2,17,18,19). The minimum absolute atomic E-state index is 0.163. The van der Waals surface area contributed by atoms with Crippen molar-refractivity contribution in [3.8, 4) is 0 Å². The molecule has 0 fully saturated rings. The van der Waals surface area contributed by atoms with Gasteiger partial charge in [-0.2, -0.15) is 13.2 Å². The Kier molecular flexibility index (Phi) is 4.39. The van der Waals surface area contributed by atoms with Crippen LogP contribution in [0.4, 0.5) is 18.9 Å². The van der Waals surface area contributed by atoms with Crippen LogP contribution in [0.15, 0.2) is 23.0 Å². The van der Waals surface area contributed by atoms with Gasteiger partial charge in [-0.25, -0.2) is 4.21 Å². The Morgan fingerprint density at radius 2 is 1.83 bits per heavy atom. The number of anilines is 1. The van der Waals surface area contributed by atoms with Gasteiger partial charge >= 0.3 is 13.8 Å². The number of H-pyrrole nitrogens is 1. The minimum atomic E-state index is -4.94. The van der Waals surface area contributed by atoms with E-state index in [1.165, 1.54) is 0 Å². The number of pyridine rings is 1. The lowest BCUT2D eigenvalue weighted by atomic mass is 10.1. The molecule has 0 aliphatic heterocycles. The van der Waals surface area contributed by atoms with Crippen molar-refractivity contribution in [2.75, 3.05) is 4.72 Å². The minimum Gasteiger partial charge on any atom is -0.321 e. The number of halogens is 3. The molecule has 1 aromatic carbocycles. The molecule has 13 heteroatoms. The van der Waals surface area contributed by atoms with Gasteiger partial charge in [0.05, 0.1) is 11.3 Å². The van der Waals surface area contributed by atoms with Gasteiger partial charge in [0.2, 0.25) is 0 Å². The van der Waals surface area contributed by atoms with E-state index in [1.54, 1.807) is 4.72 Å². The second-order valence-corrected chi connectivity index (χ2v) is 6.63. The molecule has 0 bridgehead atoms. The fourth-order valence-corrected chi connectivity index (χ4v) is 2.86. The number of aromatic amines is 1. The normalized spacial score (nSPS) is 14.0. The molecule has 0 aliphatic rings. The number of hydrogen-bond acceptors (Lipinski definition) is 3. The van der Waals surface area contributed by atoms with E-state index >= 15 is 0 Å². The van der Waals surface area contributed by atoms with Crippen LogP contribution in [-0.4, -0.2) is 23.5 Å². The Labute approximate surface area is 127 Å². The van der Waals surface area contributed by atoms with Crippen LogP contribution in [0.1, 0.15) is 5.56 Å². The Hall–Kier alpha value is -1.72. The van der Waals surface area contributed by atoms with E-state index in [0.717, 1.165) is 12.1 Å². The van der Waals surface area contributed by atoms with Crippen molar-refractivity contribution in [3.63, 3.8) is 0 Å². The first-order chi connectivity index (χ1) is 10.4. The molecule has 2 aromatic rings. The van der Waals surface area contributed by atoms with E-state index in [0.29, 0.717) is 6.07 Å². The Bertz CT molecular complexity index is 906. The fourth-order valence-electron chi connectivity index (χ4n) is 1.87. The van der Waals surface area contributed by atoms with Crippen LogP contribution >= 0.6 is 7.60 Å². The summed E-state index contributed by atoms with van der Waals surface area (Å²) in [5.41, 5.74) is -3.68. The summed E-state index contributed by atoms with van der Waals surface area (Å²) < 4.78 is 71.1. The zero-order valence-corrected chi connectivity index (χ0v) is 12.5. The smallest absolute Gasteiger partial charge is 0.321 e. The average Bonchev–Trinajstić information content (AvgIpc) is 2.34. The molecule has 5 N–H and O–H groups in total. The van der Waals surface area contributed by atoms with Gasteiger partial charge in [-0.15, -0.1) is 0 Å². The lowest BCUT2D eigenvalue weighted by Gasteiger charge is -2.14. The SMILES string of the molecule is O=c1[nH]c2cc(C(F)(F)F)c(NS(=O)O)cc2cc1P(=O)(O)O. The number of rotatable bonds is 3. The van der Waals surface area contributed by atoms with Gasteiger partial charge in [-0.3, -0.25) is 18.6 Å². The first-order valence-corrected chi connectivity index (χ1v) is 8.33. The molecule has 0 saturated carbocycles. The summed E-state index contributed by atoms with van der Waals surface area (Å²) in [6, 6.07) is 1.97. The predicted octanol–water partition coefficient (Wildman–Crippen LogP) is 0.898. The van der Waals surface area contributed by atoms with Crippen LogP contribution in [0, 0.1) is 0 Å². The third kappa shape index (κ3) is 3.79. The zero-order valence-electron chi connectivity index (χ0n) is 10.8. The number of fused-ring (bicyclic) bond motifs is 1. The highest BCUT2D eigenvalue weighted by atomic mass is 32.2.